The van der Waals surface area contributed by atoms with Crippen molar-refractivity contribution in [1.29, 1.82) is 0 Å². The quantitative estimate of drug-likeness (QED) is 0.649. The molecule has 0 aromatic rings. The second-order valence-electron chi connectivity index (χ2n) is 4.95. The first kappa shape index (κ1) is 13.0. The molecule has 2 aliphatic heterocycles. The molecule has 0 aromatic heterocycles. The summed E-state index contributed by atoms with van der Waals surface area (Å²) in [6.45, 7) is 2.06. The van der Waals surface area contributed by atoms with Crippen molar-refractivity contribution in [3.63, 3.8) is 0 Å². The minimum absolute atomic E-state index is 0.0107. The molecule has 0 aromatic carbocycles. The molecule has 2 heterocycles. The standard InChI is InChI=1S/C12H19N3O3/c16-10-7-15(8-11(17)14-10)12(18)2-1-9-3-5-13-6-4-9/h9,13H,1-8H2,(H,14,16,17). The number of nitrogens with one attached hydrogen (secondary N) is 2. The number of hydrogen-bond acceptors (Lipinski definition) is 4. The lowest BCUT2D eigenvalue weighted by atomic mass is 9.93. The molecule has 18 heavy (non-hydrogen) atoms. The molecule has 0 aliphatic carbocycles. The van der Waals surface area contributed by atoms with E-state index < -0.39 is 0 Å². The van der Waals surface area contributed by atoms with Crippen LogP contribution in [0.4, 0.5) is 0 Å². The van der Waals surface area contributed by atoms with Crippen molar-refractivity contribution in [3.05, 3.63) is 0 Å². The fourth-order valence-corrected chi connectivity index (χ4v) is 2.47. The summed E-state index contributed by atoms with van der Waals surface area (Å²) in [4.78, 5) is 35.6. The van der Waals surface area contributed by atoms with E-state index in [-0.39, 0.29) is 30.8 Å². The molecule has 0 unspecified atom stereocenters. The third-order valence-corrected chi connectivity index (χ3v) is 3.53. The normalized spacial score (nSPS) is 21.9. The van der Waals surface area contributed by atoms with Crippen LogP contribution in [-0.4, -0.2) is 48.8 Å². The van der Waals surface area contributed by atoms with Crippen molar-refractivity contribution in [2.45, 2.75) is 25.7 Å². The van der Waals surface area contributed by atoms with Crippen molar-refractivity contribution in [1.82, 2.24) is 15.5 Å². The Kier molecular flexibility index (Phi) is 4.30. The van der Waals surface area contributed by atoms with E-state index in [1.807, 2.05) is 0 Å². The van der Waals surface area contributed by atoms with Crippen molar-refractivity contribution in [2.75, 3.05) is 26.2 Å². The fourth-order valence-electron chi connectivity index (χ4n) is 2.47. The zero-order valence-corrected chi connectivity index (χ0v) is 10.4. The average Bonchev–Trinajstić information content (AvgIpc) is 2.36. The van der Waals surface area contributed by atoms with E-state index in [0.29, 0.717) is 12.3 Å². The van der Waals surface area contributed by atoms with Gasteiger partial charge in [0.2, 0.25) is 17.7 Å². The van der Waals surface area contributed by atoms with Crippen LogP contribution in [0, 0.1) is 5.92 Å². The number of carbonyl (C=O) groups excluding carboxylic acids is 3. The Morgan fingerprint density at radius 1 is 1.17 bits per heavy atom. The van der Waals surface area contributed by atoms with Crippen LogP contribution >= 0.6 is 0 Å². The zero-order chi connectivity index (χ0) is 13.0. The van der Waals surface area contributed by atoms with E-state index in [4.69, 9.17) is 0 Å². The SMILES string of the molecule is O=C1CN(C(=O)CCC2CCNCC2)CC(=O)N1. The number of piperazine rings is 1. The van der Waals surface area contributed by atoms with Crippen LogP contribution < -0.4 is 10.6 Å². The van der Waals surface area contributed by atoms with E-state index in [0.717, 1.165) is 32.4 Å². The van der Waals surface area contributed by atoms with E-state index in [9.17, 15) is 14.4 Å². The van der Waals surface area contributed by atoms with Crippen molar-refractivity contribution < 1.29 is 14.4 Å². The number of imide groups is 1. The Morgan fingerprint density at radius 3 is 2.39 bits per heavy atom. The summed E-state index contributed by atoms with van der Waals surface area (Å²) in [6.07, 6.45) is 3.50. The molecular formula is C12H19N3O3. The zero-order valence-electron chi connectivity index (χ0n) is 10.4. The van der Waals surface area contributed by atoms with Gasteiger partial charge in [0.05, 0.1) is 0 Å². The second-order valence-corrected chi connectivity index (χ2v) is 4.95. The molecular weight excluding hydrogens is 234 g/mol. The second kappa shape index (κ2) is 5.95. The molecule has 100 valence electrons. The van der Waals surface area contributed by atoms with Crippen molar-refractivity contribution >= 4 is 17.7 Å². The smallest absolute Gasteiger partial charge is 0.246 e. The number of nitrogens with zero attached hydrogens (tertiary/aromatic N) is 1. The van der Waals surface area contributed by atoms with Crippen LogP contribution in [0.3, 0.4) is 0 Å². The summed E-state index contributed by atoms with van der Waals surface area (Å²) < 4.78 is 0. The molecule has 0 atom stereocenters. The Bertz CT molecular complexity index is 334. The Morgan fingerprint density at radius 2 is 1.78 bits per heavy atom. The third-order valence-electron chi connectivity index (χ3n) is 3.53. The maximum absolute atomic E-state index is 11.9. The van der Waals surface area contributed by atoms with Gasteiger partial charge in [0.15, 0.2) is 0 Å². The summed E-state index contributed by atoms with van der Waals surface area (Å²) in [5, 5.41) is 5.47. The van der Waals surface area contributed by atoms with Gasteiger partial charge in [-0.05, 0) is 38.3 Å². The Hall–Kier alpha value is -1.43. The first-order valence-electron chi connectivity index (χ1n) is 6.46. The minimum atomic E-state index is -0.388. The monoisotopic (exact) mass is 253 g/mol. The maximum atomic E-state index is 11.9. The summed E-state index contributed by atoms with van der Waals surface area (Å²) in [5.74, 6) is -0.274. The van der Waals surface area contributed by atoms with Gasteiger partial charge < -0.3 is 10.2 Å². The highest BCUT2D eigenvalue weighted by Crippen LogP contribution is 2.18. The summed E-state index contributed by atoms with van der Waals surface area (Å²) in [6, 6.07) is 0. The van der Waals surface area contributed by atoms with Gasteiger partial charge in [-0.25, -0.2) is 0 Å². The average molecular weight is 253 g/mol. The Labute approximate surface area is 106 Å². The highest BCUT2D eigenvalue weighted by molar-refractivity contribution is 6.02. The number of hydrogen-bond donors (Lipinski definition) is 2. The Balaban J connectivity index is 1.76. The van der Waals surface area contributed by atoms with E-state index in [1.165, 1.54) is 4.90 Å². The van der Waals surface area contributed by atoms with Gasteiger partial charge in [-0.1, -0.05) is 0 Å². The first-order chi connectivity index (χ1) is 8.65. The van der Waals surface area contributed by atoms with Gasteiger partial charge in [-0.3, -0.25) is 19.7 Å². The van der Waals surface area contributed by atoms with Crippen molar-refractivity contribution in [3.8, 4) is 0 Å². The molecule has 2 N–H and O–H groups in total. The highest BCUT2D eigenvalue weighted by atomic mass is 16.2. The largest absolute Gasteiger partial charge is 0.324 e. The van der Waals surface area contributed by atoms with Crippen LogP contribution in [0.15, 0.2) is 0 Å². The number of piperidine rings is 1. The van der Waals surface area contributed by atoms with E-state index >= 15 is 0 Å². The van der Waals surface area contributed by atoms with Crippen molar-refractivity contribution in [2.24, 2.45) is 5.92 Å². The molecule has 0 spiro atoms. The van der Waals surface area contributed by atoms with Crippen LogP contribution in [0.1, 0.15) is 25.7 Å². The number of carbonyl (C=O) groups is 3. The maximum Gasteiger partial charge on any atom is 0.246 e. The molecule has 0 radical (unpaired) electrons. The van der Waals surface area contributed by atoms with Gasteiger partial charge in [-0.2, -0.15) is 0 Å². The number of amides is 3. The van der Waals surface area contributed by atoms with Gasteiger partial charge in [-0.15, -0.1) is 0 Å². The van der Waals surface area contributed by atoms with Gasteiger partial charge in [0.1, 0.15) is 13.1 Å². The highest BCUT2D eigenvalue weighted by Gasteiger charge is 2.26. The molecule has 0 bridgehead atoms. The summed E-state index contributed by atoms with van der Waals surface area (Å²) >= 11 is 0. The predicted molar refractivity (Wildman–Crippen MR) is 64.6 cm³/mol. The lowest BCUT2D eigenvalue weighted by Crippen LogP contribution is -2.53. The summed E-state index contributed by atoms with van der Waals surface area (Å²) in [7, 11) is 0. The van der Waals surface area contributed by atoms with Gasteiger partial charge in [0.25, 0.3) is 0 Å². The third kappa shape index (κ3) is 3.53. The topological polar surface area (TPSA) is 78.5 Å². The van der Waals surface area contributed by atoms with Crippen LogP contribution in [0.2, 0.25) is 0 Å². The van der Waals surface area contributed by atoms with Crippen LogP contribution in [-0.2, 0) is 14.4 Å². The van der Waals surface area contributed by atoms with Gasteiger partial charge >= 0.3 is 0 Å². The molecule has 3 amide bonds. The lowest BCUT2D eigenvalue weighted by molar-refractivity contribution is -0.145. The molecule has 2 aliphatic rings. The molecule has 2 rings (SSSR count). The van der Waals surface area contributed by atoms with E-state index in [1.54, 1.807) is 0 Å². The van der Waals surface area contributed by atoms with E-state index in [2.05, 4.69) is 10.6 Å². The lowest BCUT2D eigenvalue weighted by Gasteiger charge is -2.27. The fraction of sp³-hybridized carbons (Fsp3) is 0.750. The molecule has 2 saturated heterocycles. The molecule has 6 heteroatoms. The number of rotatable bonds is 3. The molecule has 0 saturated carbocycles. The molecule has 2 fully saturated rings. The van der Waals surface area contributed by atoms with Crippen LogP contribution in [0.5, 0.6) is 0 Å². The molecule has 6 nitrogen and oxygen atoms in total. The predicted octanol–water partition coefficient (Wildman–Crippen LogP) is -0.749. The van der Waals surface area contributed by atoms with Crippen LogP contribution in [0.25, 0.3) is 0 Å². The minimum Gasteiger partial charge on any atom is -0.324 e. The van der Waals surface area contributed by atoms with Gasteiger partial charge in [0, 0.05) is 6.42 Å². The summed E-state index contributed by atoms with van der Waals surface area (Å²) in [5.41, 5.74) is 0. The first-order valence-corrected chi connectivity index (χ1v) is 6.46.